The third kappa shape index (κ3) is 5.44. The van der Waals surface area contributed by atoms with Gasteiger partial charge in [-0.25, -0.2) is 0 Å². The van der Waals surface area contributed by atoms with Crippen molar-refractivity contribution in [1.82, 2.24) is 4.72 Å². The molecule has 0 aliphatic carbocycles. The van der Waals surface area contributed by atoms with Gasteiger partial charge in [0.15, 0.2) is 0 Å². The molecule has 3 rings (SSSR count). The van der Waals surface area contributed by atoms with Crippen LogP contribution in [0.2, 0.25) is 5.04 Å². The maximum Gasteiger partial charge on any atom is 0.337 e. The maximum absolute atomic E-state index is 11.5. The number of aliphatic hydroxyl groups excluding tert-OH is 1. The Morgan fingerprint density at radius 3 is 2.16 bits per heavy atom. The van der Waals surface area contributed by atoms with E-state index in [1.54, 1.807) is 0 Å². The zero-order chi connectivity index (χ0) is 22.5. The highest BCUT2D eigenvalue weighted by atomic mass is 32.2. The molecule has 0 saturated carbocycles. The van der Waals surface area contributed by atoms with Crippen LogP contribution in [0.25, 0.3) is 0 Å². The number of hydrogen-bond acceptors (Lipinski definition) is 5. The molecule has 1 heterocycles. The number of hydrogen-bond donors (Lipinski definition) is 2. The Morgan fingerprint density at radius 1 is 1.10 bits per heavy atom. The van der Waals surface area contributed by atoms with Gasteiger partial charge in [-0.3, -0.25) is 4.18 Å². The molecular formula is C23H29NO5SSi. The number of rotatable bonds is 5. The second kappa shape index (κ2) is 9.65. The van der Waals surface area contributed by atoms with Crippen molar-refractivity contribution in [3.63, 3.8) is 0 Å². The summed E-state index contributed by atoms with van der Waals surface area (Å²) in [6, 6.07) is 19.8. The van der Waals surface area contributed by atoms with Crippen LogP contribution in [0.15, 0.2) is 60.7 Å². The minimum Gasteiger partial charge on any atom is -0.406 e. The first-order valence-corrected chi connectivity index (χ1v) is 13.6. The zero-order valence-corrected chi connectivity index (χ0v) is 19.9. The molecule has 1 fully saturated rings. The molecular weight excluding hydrogens is 430 g/mol. The van der Waals surface area contributed by atoms with E-state index in [1.807, 2.05) is 36.4 Å². The Hall–Kier alpha value is -1.99. The van der Waals surface area contributed by atoms with E-state index < -0.39 is 30.8 Å². The van der Waals surface area contributed by atoms with Crippen molar-refractivity contribution in [2.75, 3.05) is 13.2 Å². The van der Waals surface area contributed by atoms with Crippen molar-refractivity contribution in [2.45, 2.75) is 44.4 Å². The molecule has 2 aromatic carbocycles. The van der Waals surface area contributed by atoms with Crippen LogP contribution in [0, 0.1) is 11.8 Å². The summed E-state index contributed by atoms with van der Waals surface area (Å²) >= 11 is 0. The monoisotopic (exact) mass is 459 g/mol. The molecule has 0 radical (unpaired) electrons. The fourth-order valence-electron chi connectivity index (χ4n) is 3.85. The molecule has 0 unspecified atom stereocenters. The molecule has 1 saturated heterocycles. The highest BCUT2D eigenvalue weighted by Crippen LogP contribution is 2.36. The summed E-state index contributed by atoms with van der Waals surface area (Å²) in [6.45, 7) is 6.72. The van der Waals surface area contributed by atoms with Gasteiger partial charge in [0.2, 0.25) is 0 Å². The standard InChI is InChI=1S/C23H29NO5SSi/c1-23(2,3)31(19-12-6-4-7-13-19,20-14-8-5-9-15-20)29-17-11-10-16-21-22(25)18-28-30(26,27)24-21/h4-9,12-15,21-22,24-25H,11,17-18H2,1-3H3/t21-,22-/m1/s1. The molecule has 2 atom stereocenters. The van der Waals surface area contributed by atoms with Gasteiger partial charge in [0, 0.05) is 13.0 Å². The molecule has 0 spiro atoms. The first kappa shape index (κ1) is 23.7. The van der Waals surface area contributed by atoms with E-state index in [0.717, 1.165) is 0 Å². The predicted octanol–water partition coefficient (Wildman–Crippen LogP) is 1.55. The summed E-state index contributed by atoms with van der Waals surface area (Å²) in [5, 5.41) is 12.2. The van der Waals surface area contributed by atoms with Crippen molar-refractivity contribution in [3.05, 3.63) is 60.7 Å². The number of aliphatic hydroxyl groups is 1. The maximum atomic E-state index is 11.5. The molecule has 166 valence electrons. The van der Waals surface area contributed by atoms with Gasteiger partial charge in [-0.05, 0) is 15.4 Å². The normalized spacial score (nSPS) is 21.2. The molecule has 0 amide bonds. The van der Waals surface area contributed by atoms with Crippen molar-refractivity contribution < 1.29 is 22.1 Å². The molecule has 2 aromatic rings. The van der Waals surface area contributed by atoms with E-state index in [2.05, 4.69) is 65.8 Å². The summed E-state index contributed by atoms with van der Waals surface area (Å²) in [6.07, 6.45) is -0.593. The van der Waals surface area contributed by atoms with Gasteiger partial charge in [-0.15, -0.1) is 0 Å². The Kier molecular flexibility index (Phi) is 7.37. The minimum atomic E-state index is -3.86. The number of benzene rings is 2. The zero-order valence-electron chi connectivity index (χ0n) is 18.0. The van der Waals surface area contributed by atoms with Crippen LogP contribution in [0.1, 0.15) is 27.2 Å². The highest BCUT2D eigenvalue weighted by Gasteiger charge is 2.49. The SMILES string of the molecule is CC(C)(C)[Si](OCCC#C[C@H]1NS(=O)(=O)OC[C@H]1O)(c1ccccc1)c1ccccc1. The molecule has 31 heavy (non-hydrogen) atoms. The lowest BCUT2D eigenvalue weighted by atomic mass is 10.2. The van der Waals surface area contributed by atoms with Gasteiger partial charge in [0.1, 0.15) is 12.1 Å². The quantitative estimate of drug-likeness (QED) is 0.403. The Morgan fingerprint density at radius 2 is 1.65 bits per heavy atom. The minimum absolute atomic E-state index is 0.129. The fraction of sp³-hybridized carbons (Fsp3) is 0.391. The Labute approximate surface area is 186 Å². The topological polar surface area (TPSA) is 84.9 Å². The molecule has 2 N–H and O–H groups in total. The molecule has 1 aliphatic rings. The third-order valence-electron chi connectivity index (χ3n) is 5.27. The molecule has 0 aromatic heterocycles. The van der Waals surface area contributed by atoms with Gasteiger partial charge in [-0.2, -0.15) is 13.1 Å². The molecule has 1 aliphatic heterocycles. The average Bonchev–Trinajstić information content (AvgIpc) is 2.73. The molecule has 0 bridgehead atoms. The Bertz CT molecular complexity index is 987. The summed E-state index contributed by atoms with van der Waals surface area (Å²) in [5.74, 6) is 5.75. The first-order chi connectivity index (χ1) is 14.7. The predicted molar refractivity (Wildman–Crippen MR) is 124 cm³/mol. The summed E-state index contributed by atoms with van der Waals surface area (Å²) in [4.78, 5) is 0. The fourth-order valence-corrected chi connectivity index (χ4v) is 9.33. The van der Waals surface area contributed by atoms with Crippen molar-refractivity contribution in [3.8, 4) is 11.8 Å². The van der Waals surface area contributed by atoms with E-state index in [9.17, 15) is 13.5 Å². The lowest BCUT2D eigenvalue weighted by molar-refractivity contribution is 0.0788. The van der Waals surface area contributed by atoms with Crippen LogP contribution in [0.5, 0.6) is 0 Å². The van der Waals surface area contributed by atoms with E-state index in [4.69, 9.17) is 4.43 Å². The number of nitrogens with one attached hydrogen (secondary N) is 1. The second-order valence-corrected chi connectivity index (χ2v) is 14.2. The third-order valence-corrected chi connectivity index (χ3v) is 11.3. The lowest BCUT2D eigenvalue weighted by Crippen LogP contribution is -2.66. The van der Waals surface area contributed by atoms with Crippen LogP contribution in [0.4, 0.5) is 0 Å². The lowest BCUT2D eigenvalue weighted by Gasteiger charge is -2.43. The van der Waals surface area contributed by atoms with E-state index in [1.165, 1.54) is 10.4 Å². The first-order valence-electron chi connectivity index (χ1n) is 10.2. The smallest absolute Gasteiger partial charge is 0.337 e. The Balaban J connectivity index is 1.83. The van der Waals surface area contributed by atoms with Crippen LogP contribution >= 0.6 is 0 Å². The van der Waals surface area contributed by atoms with E-state index in [-0.39, 0.29) is 11.6 Å². The highest BCUT2D eigenvalue weighted by molar-refractivity contribution is 7.84. The summed E-state index contributed by atoms with van der Waals surface area (Å²) < 4.78 is 36.5. The summed E-state index contributed by atoms with van der Waals surface area (Å²) in [5.41, 5.74) is 0. The van der Waals surface area contributed by atoms with Crippen LogP contribution in [-0.4, -0.2) is 47.2 Å². The second-order valence-electron chi connectivity index (χ2n) is 8.48. The van der Waals surface area contributed by atoms with Crippen molar-refractivity contribution in [2.24, 2.45) is 0 Å². The van der Waals surface area contributed by atoms with Gasteiger partial charge in [0.25, 0.3) is 8.32 Å². The van der Waals surface area contributed by atoms with Crippen molar-refractivity contribution in [1.29, 1.82) is 0 Å². The summed E-state index contributed by atoms with van der Waals surface area (Å²) in [7, 11) is -6.48. The van der Waals surface area contributed by atoms with Gasteiger partial charge >= 0.3 is 10.3 Å². The van der Waals surface area contributed by atoms with Crippen LogP contribution < -0.4 is 15.1 Å². The van der Waals surface area contributed by atoms with Gasteiger partial charge < -0.3 is 9.53 Å². The van der Waals surface area contributed by atoms with E-state index in [0.29, 0.717) is 13.0 Å². The average molecular weight is 460 g/mol. The van der Waals surface area contributed by atoms with Crippen molar-refractivity contribution >= 4 is 29.0 Å². The van der Waals surface area contributed by atoms with Gasteiger partial charge in [-0.1, -0.05) is 93.3 Å². The largest absolute Gasteiger partial charge is 0.406 e. The molecule has 6 nitrogen and oxygen atoms in total. The molecule has 8 heteroatoms. The van der Waals surface area contributed by atoms with Crippen LogP contribution in [-0.2, 0) is 18.9 Å². The van der Waals surface area contributed by atoms with Gasteiger partial charge in [0.05, 0.1) is 6.61 Å². The van der Waals surface area contributed by atoms with E-state index >= 15 is 0 Å². The van der Waals surface area contributed by atoms with Crippen LogP contribution in [0.3, 0.4) is 0 Å².